The number of carbonyl (C=O) groups is 1. The first-order chi connectivity index (χ1) is 14.4. The molecule has 0 spiro atoms. The van der Waals surface area contributed by atoms with Crippen molar-refractivity contribution in [3.8, 4) is 0 Å². The summed E-state index contributed by atoms with van der Waals surface area (Å²) in [6.07, 6.45) is 1.35. The van der Waals surface area contributed by atoms with E-state index in [0.717, 1.165) is 16.8 Å². The second-order valence-corrected chi connectivity index (χ2v) is 7.26. The lowest BCUT2D eigenvalue weighted by atomic mass is 10.0. The van der Waals surface area contributed by atoms with Crippen LogP contribution in [0.25, 0.3) is 10.9 Å². The van der Waals surface area contributed by atoms with E-state index in [1.807, 2.05) is 17.9 Å². The molecular formula is C20H23FN8O. The van der Waals surface area contributed by atoms with E-state index in [1.54, 1.807) is 13.0 Å². The minimum atomic E-state index is -0.332. The van der Waals surface area contributed by atoms with Crippen molar-refractivity contribution in [3.05, 3.63) is 42.0 Å². The normalized spacial score (nSPS) is 15.3. The molecule has 4 rings (SSSR count). The molecule has 1 atom stereocenters. The predicted molar refractivity (Wildman–Crippen MR) is 112 cm³/mol. The Morgan fingerprint density at radius 2 is 1.93 bits per heavy atom. The number of piperazine rings is 1. The lowest BCUT2D eigenvalue weighted by Crippen LogP contribution is -2.48. The largest absolute Gasteiger partial charge is 0.368 e. The standard InChI is InChI=1S/C20H23FN8O/c1-12(25-20-24-11-23-19(22)27-20)16-9-14-3-4-15(21)10-17(14)26-18(16)29-7-5-28(6-8-29)13(2)30/h3-4,9-12H,5-8H2,1-2H3,(H3,22,23,24,25,27)/t12-/m0/s1. The molecule has 1 amide bonds. The first-order valence-electron chi connectivity index (χ1n) is 9.72. The molecule has 0 saturated carbocycles. The Hall–Kier alpha value is -3.56. The van der Waals surface area contributed by atoms with E-state index < -0.39 is 0 Å². The van der Waals surface area contributed by atoms with E-state index in [-0.39, 0.29) is 23.7 Å². The number of hydrogen-bond acceptors (Lipinski definition) is 8. The number of nitrogens with two attached hydrogens (primary N) is 1. The Balaban J connectivity index is 1.70. The molecule has 0 aliphatic carbocycles. The van der Waals surface area contributed by atoms with Crippen LogP contribution >= 0.6 is 0 Å². The molecule has 0 unspecified atom stereocenters. The van der Waals surface area contributed by atoms with Gasteiger partial charge in [-0.05, 0) is 25.1 Å². The quantitative estimate of drug-likeness (QED) is 0.671. The summed E-state index contributed by atoms with van der Waals surface area (Å²) in [5, 5.41) is 4.07. The molecule has 1 saturated heterocycles. The molecule has 1 aliphatic rings. The van der Waals surface area contributed by atoms with Crippen molar-refractivity contribution >= 4 is 34.5 Å². The number of carbonyl (C=O) groups excluding carboxylic acids is 1. The van der Waals surface area contributed by atoms with Gasteiger partial charge >= 0.3 is 0 Å². The molecule has 1 aliphatic heterocycles. The smallest absolute Gasteiger partial charge is 0.227 e. The highest BCUT2D eigenvalue weighted by Gasteiger charge is 2.24. The average Bonchev–Trinajstić information content (AvgIpc) is 2.72. The van der Waals surface area contributed by atoms with Gasteiger partial charge in [0, 0.05) is 50.1 Å². The van der Waals surface area contributed by atoms with Crippen LogP contribution in [0.2, 0.25) is 0 Å². The third kappa shape index (κ3) is 4.07. The SMILES string of the molecule is CC(=O)N1CCN(c2nc3cc(F)ccc3cc2[C@H](C)Nc2ncnc(N)n2)CC1. The van der Waals surface area contributed by atoms with Crippen molar-refractivity contribution in [2.75, 3.05) is 42.1 Å². The van der Waals surface area contributed by atoms with Gasteiger partial charge in [0.2, 0.25) is 17.8 Å². The number of anilines is 3. The minimum absolute atomic E-state index is 0.0610. The number of aromatic nitrogens is 4. The summed E-state index contributed by atoms with van der Waals surface area (Å²) in [6, 6.07) is 6.36. The highest BCUT2D eigenvalue weighted by atomic mass is 19.1. The van der Waals surface area contributed by atoms with E-state index in [1.165, 1.54) is 18.5 Å². The number of amides is 1. The summed E-state index contributed by atoms with van der Waals surface area (Å²) in [6.45, 7) is 6.07. The molecule has 1 fully saturated rings. The third-order valence-electron chi connectivity index (χ3n) is 5.22. The van der Waals surface area contributed by atoms with Gasteiger partial charge < -0.3 is 20.9 Å². The maximum Gasteiger partial charge on any atom is 0.227 e. The molecular weight excluding hydrogens is 387 g/mol. The van der Waals surface area contributed by atoms with Crippen LogP contribution in [0.3, 0.4) is 0 Å². The molecule has 2 aromatic heterocycles. The summed E-state index contributed by atoms with van der Waals surface area (Å²) in [7, 11) is 0. The zero-order chi connectivity index (χ0) is 21.3. The topological polar surface area (TPSA) is 113 Å². The van der Waals surface area contributed by atoms with Gasteiger partial charge in [0.15, 0.2) is 0 Å². The Morgan fingerprint density at radius 1 is 1.17 bits per heavy atom. The van der Waals surface area contributed by atoms with Crippen LogP contribution in [0.5, 0.6) is 0 Å². The molecule has 3 heterocycles. The number of hydrogen-bond donors (Lipinski definition) is 2. The van der Waals surface area contributed by atoms with Gasteiger partial charge in [-0.25, -0.2) is 19.3 Å². The van der Waals surface area contributed by atoms with Crippen LogP contribution in [-0.4, -0.2) is 56.9 Å². The first-order valence-corrected chi connectivity index (χ1v) is 9.72. The number of nitrogen functional groups attached to an aromatic ring is 1. The van der Waals surface area contributed by atoms with Crippen molar-refractivity contribution in [2.45, 2.75) is 19.9 Å². The number of fused-ring (bicyclic) bond motifs is 1. The average molecular weight is 410 g/mol. The highest BCUT2D eigenvalue weighted by molar-refractivity contribution is 5.82. The fourth-order valence-corrected chi connectivity index (χ4v) is 3.60. The number of rotatable bonds is 4. The van der Waals surface area contributed by atoms with E-state index in [2.05, 4.69) is 25.2 Å². The van der Waals surface area contributed by atoms with Crippen LogP contribution in [-0.2, 0) is 4.79 Å². The van der Waals surface area contributed by atoms with Gasteiger partial charge in [-0.2, -0.15) is 4.98 Å². The van der Waals surface area contributed by atoms with Crippen LogP contribution in [0.1, 0.15) is 25.5 Å². The maximum atomic E-state index is 13.8. The van der Waals surface area contributed by atoms with Gasteiger partial charge in [0.25, 0.3) is 0 Å². The van der Waals surface area contributed by atoms with Gasteiger partial charge in [-0.15, -0.1) is 0 Å². The van der Waals surface area contributed by atoms with Crippen molar-refractivity contribution in [3.63, 3.8) is 0 Å². The van der Waals surface area contributed by atoms with E-state index >= 15 is 0 Å². The number of nitrogens with zero attached hydrogens (tertiary/aromatic N) is 6. The zero-order valence-electron chi connectivity index (χ0n) is 16.8. The van der Waals surface area contributed by atoms with E-state index in [0.29, 0.717) is 37.6 Å². The number of benzene rings is 1. The fourth-order valence-electron chi connectivity index (χ4n) is 3.60. The monoisotopic (exact) mass is 410 g/mol. The number of pyridine rings is 1. The molecule has 3 N–H and O–H groups in total. The van der Waals surface area contributed by atoms with Crippen LogP contribution in [0.15, 0.2) is 30.6 Å². The van der Waals surface area contributed by atoms with Gasteiger partial charge in [0.1, 0.15) is 18.0 Å². The minimum Gasteiger partial charge on any atom is -0.368 e. The second kappa shape index (κ2) is 8.05. The van der Waals surface area contributed by atoms with Crippen LogP contribution < -0.4 is 16.0 Å². The molecule has 156 valence electrons. The Labute approximate surface area is 173 Å². The third-order valence-corrected chi connectivity index (χ3v) is 5.22. The predicted octanol–water partition coefficient (Wildman–Crippen LogP) is 1.98. The van der Waals surface area contributed by atoms with Crippen LogP contribution in [0.4, 0.5) is 22.1 Å². The molecule has 0 radical (unpaired) electrons. The summed E-state index contributed by atoms with van der Waals surface area (Å²) in [5.41, 5.74) is 7.16. The first kappa shape index (κ1) is 19.7. The highest BCUT2D eigenvalue weighted by Crippen LogP contribution is 2.31. The molecule has 9 nitrogen and oxygen atoms in total. The van der Waals surface area contributed by atoms with Gasteiger partial charge in [-0.1, -0.05) is 0 Å². The van der Waals surface area contributed by atoms with Crippen LogP contribution in [0, 0.1) is 5.82 Å². The molecule has 30 heavy (non-hydrogen) atoms. The van der Waals surface area contributed by atoms with Gasteiger partial charge in [-0.3, -0.25) is 4.79 Å². The lowest BCUT2D eigenvalue weighted by molar-refractivity contribution is -0.129. The molecule has 10 heteroatoms. The number of halogens is 1. The summed E-state index contributed by atoms with van der Waals surface area (Å²) >= 11 is 0. The molecule has 0 bridgehead atoms. The number of nitrogens with one attached hydrogen (secondary N) is 1. The second-order valence-electron chi connectivity index (χ2n) is 7.26. The zero-order valence-corrected chi connectivity index (χ0v) is 16.8. The Morgan fingerprint density at radius 3 is 2.63 bits per heavy atom. The van der Waals surface area contributed by atoms with Crippen molar-refractivity contribution in [1.82, 2.24) is 24.8 Å². The maximum absolute atomic E-state index is 13.8. The van der Waals surface area contributed by atoms with E-state index in [4.69, 9.17) is 10.7 Å². The van der Waals surface area contributed by atoms with Crippen molar-refractivity contribution in [1.29, 1.82) is 0 Å². The Kier molecular flexibility index (Phi) is 5.30. The molecule has 1 aromatic carbocycles. The van der Waals surface area contributed by atoms with Crippen molar-refractivity contribution < 1.29 is 9.18 Å². The molecule has 3 aromatic rings. The van der Waals surface area contributed by atoms with E-state index in [9.17, 15) is 9.18 Å². The summed E-state index contributed by atoms with van der Waals surface area (Å²) < 4.78 is 13.8. The van der Waals surface area contributed by atoms with Crippen molar-refractivity contribution in [2.24, 2.45) is 0 Å². The Bertz CT molecular complexity index is 1080. The van der Waals surface area contributed by atoms with Gasteiger partial charge in [0.05, 0.1) is 11.6 Å². The fraction of sp³-hybridized carbons (Fsp3) is 0.350. The lowest BCUT2D eigenvalue weighted by Gasteiger charge is -2.36. The summed E-state index contributed by atoms with van der Waals surface area (Å²) in [5.74, 6) is 0.972. The summed E-state index contributed by atoms with van der Waals surface area (Å²) in [4.78, 5) is 32.4.